The number of rotatable bonds is 4. The van der Waals surface area contributed by atoms with E-state index in [9.17, 15) is 19.7 Å². The van der Waals surface area contributed by atoms with E-state index in [-0.39, 0.29) is 52.7 Å². The average Bonchev–Trinajstić information content (AvgIpc) is 2.48. The van der Waals surface area contributed by atoms with Gasteiger partial charge in [-0.15, -0.1) is 0 Å². The van der Waals surface area contributed by atoms with E-state index in [1.807, 2.05) is 13.8 Å². The third kappa shape index (κ3) is 3.45. The Morgan fingerprint density at radius 2 is 1.58 bits per heavy atom. The van der Waals surface area contributed by atoms with Crippen molar-refractivity contribution in [2.75, 3.05) is 14.2 Å². The molecule has 0 saturated heterocycles. The minimum absolute atomic E-state index is 0.00959. The molecule has 1 aromatic rings. The van der Waals surface area contributed by atoms with Crippen LogP contribution in [-0.2, 0) is 9.59 Å². The fourth-order valence-electron chi connectivity index (χ4n) is 2.75. The molecule has 7 nitrogen and oxygen atoms in total. The third-order valence-corrected chi connectivity index (χ3v) is 3.91. The lowest BCUT2D eigenvalue weighted by Gasteiger charge is -2.28. The van der Waals surface area contributed by atoms with Crippen LogP contribution in [-0.4, -0.2) is 30.7 Å². The van der Waals surface area contributed by atoms with Gasteiger partial charge in [-0.25, -0.2) is 0 Å². The first-order chi connectivity index (χ1) is 11.2. The molecule has 0 unspecified atom stereocenters. The first kappa shape index (κ1) is 17.7. The molecule has 1 aliphatic carbocycles. The van der Waals surface area contributed by atoms with Crippen molar-refractivity contribution in [3.8, 4) is 11.5 Å². The molecule has 0 bridgehead atoms. The molecule has 1 saturated carbocycles. The van der Waals surface area contributed by atoms with E-state index >= 15 is 0 Å². The van der Waals surface area contributed by atoms with Crippen molar-refractivity contribution in [2.24, 2.45) is 5.41 Å². The molecule has 0 atom stereocenters. The number of benzene rings is 1. The Morgan fingerprint density at radius 3 is 2.04 bits per heavy atom. The molecule has 0 aliphatic heterocycles. The Labute approximate surface area is 139 Å². The zero-order valence-corrected chi connectivity index (χ0v) is 14.0. The Kier molecular flexibility index (Phi) is 4.73. The summed E-state index contributed by atoms with van der Waals surface area (Å²) in [6.07, 6.45) is 1.73. The van der Waals surface area contributed by atoms with Gasteiger partial charge in [0, 0.05) is 12.8 Å². The van der Waals surface area contributed by atoms with Crippen molar-refractivity contribution >= 4 is 23.3 Å². The van der Waals surface area contributed by atoms with Crippen LogP contribution in [0.4, 0.5) is 5.69 Å². The highest BCUT2D eigenvalue weighted by atomic mass is 16.6. The number of Topliss-reactive ketones (excluding diaryl/α,β-unsaturated/α-hetero) is 2. The number of carbonyl (C=O) groups excluding carboxylic acids is 2. The summed E-state index contributed by atoms with van der Waals surface area (Å²) < 4.78 is 10.2. The normalized spacial score (nSPS) is 16.8. The highest BCUT2D eigenvalue weighted by molar-refractivity contribution is 6.25. The van der Waals surface area contributed by atoms with Crippen molar-refractivity contribution in [1.82, 2.24) is 0 Å². The second-order valence-electron chi connectivity index (χ2n) is 6.45. The van der Waals surface area contributed by atoms with Crippen LogP contribution in [0, 0.1) is 15.5 Å². The Hall–Kier alpha value is -2.70. The summed E-state index contributed by atoms with van der Waals surface area (Å²) in [6.45, 7) is 3.69. The van der Waals surface area contributed by atoms with Crippen LogP contribution < -0.4 is 9.47 Å². The molecule has 0 spiro atoms. The number of ether oxygens (including phenoxy) is 2. The Morgan fingerprint density at radius 1 is 1.08 bits per heavy atom. The maximum absolute atomic E-state index is 12.3. The number of methoxy groups -OCH3 is 2. The molecule has 2 rings (SSSR count). The van der Waals surface area contributed by atoms with Crippen molar-refractivity contribution in [3.63, 3.8) is 0 Å². The number of ketones is 2. The topological polar surface area (TPSA) is 95.7 Å². The van der Waals surface area contributed by atoms with Gasteiger partial charge in [-0.1, -0.05) is 13.8 Å². The monoisotopic (exact) mass is 333 g/mol. The van der Waals surface area contributed by atoms with Crippen LogP contribution in [0.3, 0.4) is 0 Å². The molecule has 0 radical (unpaired) electrons. The summed E-state index contributed by atoms with van der Waals surface area (Å²) in [7, 11) is 2.77. The van der Waals surface area contributed by atoms with Gasteiger partial charge in [-0.05, 0) is 17.6 Å². The van der Waals surface area contributed by atoms with Gasteiger partial charge in [0.25, 0.3) is 5.69 Å². The Bertz CT molecular complexity index is 726. The van der Waals surface area contributed by atoms with Gasteiger partial charge in [-0.3, -0.25) is 19.7 Å². The molecule has 0 aromatic heterocycles. The van der Waals surface area contributed by atoms with Gasteiger partial charge in [0.1, 0.15) is 0 Å². The van der Waals surface area contributed by atoms with Crippen molar-refractivity contribution in [1.29, 1.82) is 0 Å². The molecular weight excluding hydrogens is 314 g/mol. The molecule has 0 amide bonds. The second kappa shape index (κ2) is 6.43. The summed E-state index contributed by atoms with van der Waals surface area (Å²) in [4.78, 5) is 35.3. The van der Waals surface area contributed by atoms with Crippen molar-refractivity contribution in [3.05, 3.63) is 33.4 Å². The molecule has 1 fully saturated rings. The van der Waals surface area contributed by atoms with Gasteiger partial charge in [0.15, 0.2) is 23.1 Å². The zero-order chi connectivity index (χ0) is 18.1. The number of nitro groups is 1. The molecule has 24 heavy (non-hydrogen) atoms. The van der Waals surface area contributed by atoms with Gasteiger partial charge in [0.2, 0.25) is 0 Å². The van der Waals surface area contributed by atoms with E-state index in [1.165, 1.54) is 32.4 Å². The van der Waals surface area contributed by atoms with Crippen molar-refractivity contribution in [2.45, 2.75) is 26.7 Å². The maximum atomic E-state index is 12.3. The summed E-state index contributed by atoms with van der Waals surface area (Å²) in [5.41, 5.74) is -0.529. The standard InChI is InChI=1S/C17H19NO6/c1-17(2)8-13(19)11(14(20)9-17)5-10-6-15(23-3)16(24-4)7-12(10)18(21)22/h5-7H,8-9H2,1-4H3. The number of hydrogen-bond acceptors (Lipinski definition) is 6. The second-order valence-corrected chi connectivity index (χ2v) is 6.45. The predicted octanol–water partition coefficient (Wildman–Crippen LogP) is 2.95. The molecule has 0 heterocycles. The van der Waals surface area contributed by atoms with E-state index in [1.54, 1.807) is 0 Å². The SMILES string of the molecule is COc1cc(C=C2C(=O)CC(C)(C)CC2=O)c([N+](=O)[O-])cc1OC. The number of carbonyl (C=O) groups is 2. The van der Waals surface area contributed by atoms with Gasteiger partial charge in [0.05, 0.1) is 36.3 Å². The van der Waals surface area contributed by atoms with Crippen LogP contribution in [0.25, 0.3) is 6.08 Å². The zero-order valence-electron chi connectivity index (χ0n) is 14.0. The predicted molar refractivity (Wildman–Crippen MR) is 87.2 cm³/mol. The lowest BCUT2D eigenvalue weighted by atomic mass is 9.74. The molecule has 0 N–H and O–H groups in total. The average molecular weight is 333 g/mol. The third-order valence-electron chi connectivity index (χ3n) is 3.91. The maximum Gasteiger partial charge on any atom is 0.280 e. The van der Waals surface area contributed by atoms with Gasteiger partial charge < -0.3 is 9.47 Å². The molecular formula is C17H19NO6. The molecule has 1 aliphatic rings. The van der Waals surface area contributed by atoms with E-state index in [0.29, 0.717) is 0 Å². The number of allylic oxidation sites excluding steroid dienone is 1. The molecule has 128 valence electrons. The fourth-order valence-corrected chi connectivity index (χ4v) is 2.75. The summed E-state index contributed by atoms with van der Waals surface area (Å²) >= 11 is 0. The number of nitro benzene ring substituents is 1. The van der Waals surface area contributed by atoms with Gasteiger partial charge in [-0.2, -0.15) is 0 Å². The van der Waals surface area contributed by atoms with E-state index in [2.05, 4.69) is 0 Å². The smallest absolute Gasteiger partial charge is 0.280 e. The number of nitrogens with zero attached hydrogens (tertiary/aromatic N) is 1. The largest absolute Gasteiger partial charge is 0.493 e. The van der Waals surface area contributed by atoms with E-state index in [0.717, 1.165) is 0 Å². The van der Waals surface area contributed by atoms with Crippen LogP contribution in [0.5, 0.6) is 11.5 Å². The van der Waals surface area contributed by atoms with Gasteiger partial charge >= 0.3 is 0 Å². The highest BCUT2D eigenvalue weighted by Gasteiger charge is 2.36. The van der Waals surface area contributed by atoms with Crippen LogP contribution in [0.2, 0.25) is 0 Å². The summed E-state index contributed by atoms with van der Waals surface area (Å²) in [5, 5.41) is 11.3. The molecule has 1 aromatic carbocycles. The van der Waals surface area contributed by atoms with Crippen LogP contribution in [0.15, 0.2) is 17.7 Å². The summed E-state index contributed by atoms with van der Waals surface area (Å²) in [6, 6.07) is 2.61. The lowest BCUT2D eigenvalue weighted by Crippen LogP contribution is -2.31. The Balaban J connectivity index is 2.57. The van der Waals surface area contributed by atoms with Crippen LogP contribution in [0.1, 0.15) is 32.3 Å². The van der Waals surface area contributed by atoms with E-state index < -0.39 is 10.3 Å². The van der Waals surface area contributed by atoms with Crippen LogP contribution >= 0.6 is 0 Å². The minimum atomic E-state index is -0.587. The summed E-state index contributed by atoms with van der Waals surface area (Å²) in [5.74, 6) is -0.125. The lowest BCUT2D eigenvalue weighted by molar-refractivity contribution is -0.385. The quantitative estimate of drug-likeness (QED) is 0.364. The first-order valence-electron chi connectivity index (χ1n) is 7.37. The first-order valence-corrected chi connectivity index (χ1v) is 7.37. The number of hydrogen-bond donors (Lipinski definition) is 0. The van der Waals surface area contributed by atoms with E-state index in [4.69, 9.17) is 9.47 Å². The minimum Gasteiger partial charge on any atom is -0.493 e. The molecule has 7 heteroatoms. The fraction of sp³-hybridized carbons (Fsp3) is 0.412. The highest BCUT2D eigenvalue weighted by Crippen LogP contribution is 2.38. The van der Waals surface area contributed by atoms with Crippen molar-refractivity contribution < 1.29 is 24.0 Å².